The van der Waals surface area contributed by atoms with Crippen LogP contribution in [0, 0.1) is 5.41 Å². The Morgan fingerprint density at radius 1 is 1.53 bits per heavy atom. The molecule has 2 rings (SSSR count). The average Bonchev–Trinajstić information content (AvgIpc) is 2.89. The first-order valence-corrected chi connectivity index (χ1v) is 8.20. The van der Waals surface area contributed by atoms with Gasteiger partial charge < -0.3 is 9.47 Å². The Bertz CT molecular complexity index is 329. The average molecular weight is 287 g/mol. The van der Waals surface area contributed by atoms with Crippen molar-refractivity contribution in [3.63, 3.8) is 0 Å². The van der Waals surface area contributed by atoms with E-state index in [4.69, 9.17) is 9.47 Å². The Labute approximate surface area is 120 Å². The van der Waals surface area contributed by atoms with Gasteiger partial charge in [-0.25, -0.2) is 0 Å². The maximum Gasteiger partial charge on any atom is 0.327 e. The summed E-state index contributed by atoms with van der Waals surface area (Å²) in [6, 6.07) is 0. The Morgan fingerprint density at radius 2 is 2.32 bits per heavy atom. The first-order valence-electron chi connectivity index (χ1n) is 7.05. The molecule has 0 saturated carbocycles. The zero-order valence-electron chi connectivity index (χ0n) is 12.2. The van der Waals surface area contributed by atoms with Crippen molar-refractivity contribution < 1.29 is 14.3 Å². The molecular weight excluding hydrogens is 262 g/mol. The fourth-order valence-corrected chi connectivity index (χ4v) is 4.64. The number of rotatable bonds is 4. The van der Waals surface area contributed by atoms with Gasteiger partial charge in [-0.1, -0.05) is 13.8 Å². The van der Waals surface area contributed by atoms with Crippen LogP contribution < -0.4 is 5.32 Å². The van der Waals surface area contributed by atoms with Crippen molar-refractivity contribution in [1.29, 1.82) is 0 Å². The van der Waals surface area contributed by atoms with E-state index in [1.165, 1.54) is 7.11 Å². The molecule has 2 fully saturated rings. The van der Waals surface area contributed by atoms with Crippen molar-refractivity contribution in [3.8, 4) is 0 Å². The number of hydrogen-bond donors (Lipinski definition) is 1. The van der Waals surface area contributed by atoms with Crippen molar-refractivity contribution in [2.45, 2.75) is 44.8 Å². The zero-order chi connectivity index (χ0) is 13.9. The summed E-state index contributed by atoms with van der Waals surface area (Å²) in [5.41, 5.74) is -0.680. The highest BCUT2D eigenvalue weighted by molar-refractivity contribution is 7.99. The number of carbonyl (C=O) groups is 1. The first kappa shape index (κ1) is 15.1. The van der Waals surface area contributed by atoms with Crippen LogP contribution in [0.15, 0.2) is 0 Å². The maximum atomic E-state index is 12.4. The number of carbonyl (C=O) groups excluding carboxylic acids is 1. The molecule has 2 atom stereocenters. The molecule has 0 aromatic carbocycles. The number of hydrogen-bond acceptors (Lipinski definition) is 5. The van der Waals surface area contributed by atoms with Gasteiger partial charge in [-0.15, -0.1) is 0 Å². The van der Waals surface area contributed by atoms with Gasteiger partial charge in [0, 0.05) is 18.9 Å². The van der Waals surface area contributed by atoms with Gasteiger partial charge in [0.05, 0.1) is 13.2 Å². The summed E-state index contributed by atoms with van der Waals surface area (Å²) in [5.74, 6) is 1.75. The van der Waals surface area contributed by atoms with E-state index >= 15 is 0 Å². The van der Waals surface area contributed by atoms with Gasteiger partial charge in [0.25, 0.3) is 0 Å². The lowest BCUT2D eigenvalue weighted by Crippen LogP contribution is -2.66. The van der Waals surface area contributed by atoms with Crippen LogP contribution in [-0.2, 0) is 14.3 Å². The van der Waals surface area contributed by atoms with Gasteiger partial charge in [-0.2, -0.15) is 11.8 Å². The number of ether oxygens (including phenoxy) is 2. The number of methoxy groups -OCH3 is 1. The minimum atomic E-state index is -0.587. The summed E-state index contributed by atoms with van der Waals surface area (Å²) in [4.78, 5) is 12.4. The predicted octanol–water partition coefficient (Wildman–Crippen LogP) is 1.83. The summed E-state index contributed by atoms with van der Waals surface area (Å²) in [6.07, 6.45) is 3.46. The minimum absolute atomic E-state index is 0.0933. The highest BCUT2D eigenvalue weighted by Gasteiger charge is 2.53. The lowest BCUT2D eigenvalue weighted by molar-refractivity contribution is -0.153. The second kappa shape index (κ2) is 6.02. The van der Waals surface area contributed by atoms with E-state index < -0.39 is 5.54 Å². The number of esters is 1. The zero-order valence-corrected chi connectivity index (χ0v) is 13.0. The van der Waals surface area contributed by atoms with E-state index in [2.05, 4.69) is 19.2 Å². The van der Waals surface area contributed by atoms with Crippen LogP contribution >= 0.6 is 11.8 Å². The molecule has 4 nitrogen and oxygen atoms in total. The van der Waals surface area contributed by atoms with Gasteiger partial charge in [0.1, 0.15) is 5.54 Å². The molecule has 110 valence electrons. The molecule has 0 spiro atoms. The summed E-state index contributed by atoms with van der Waals surface area (Å²) in [7, 11) is 1.48. The van der Waals surface area contributed by atoms with E-state index in [1.54, 1.807) is 0 Å². The molecule has 2 aliphatic heterocycles. The van der Waals surface area contributed by atoms with Crippen LogP contribution in [0.5, 0.6) is 0 Å². The van der Waals surface area contributed by atoms with E-state index in [0.29, 0.717) is 0 Å². The molecular formula is C14H25NO3S. The molecule has 2 aliphatic rings. The smallest absolute Gasteiger partial charge is 0.327 e. The fourth-order valence-electron chi connectivity index (χ4n) is 2.93. The summed E-state index contributed by atoms with van der Waals surface area (Å²) >= 11 is 1.83. The van der Waals surface area contributed by atoms with E-state index in [1.807, 2.05) is 11.8 Å². The highest BCUT2D eigenvalue weighted by atomic mass is 32.2. The van der Waals surface area contributed by atoms with Crippen molar-refractivity contribution in [2.75, 3.05) is 31.8 Å². The Morgan fingerprint density at radius 3 is 2.89 bits per heavy atom. The standard InChI is InChI=1S/C14H25NO3S/c1-13(2)6-8-19-10-14(13,12(16)17-3)15-9-11-5-4-7-18-11/h11,15H,4-10H2,1-3H3. The molecule has 0 aliphatic carbocycles. The van der Waals surface area contributed by atoms with E-state index in [0.717, 1.165) is 43.9 Å². The van der Waals surface area contributed by atoms with Crippen LogP contribution in [0.3, 0.4) is 0 Å². The molecule has 1 N–H and O–H groups in total. The quantitative estimate of drug-likeness (QED) is 0.799. The molecule has 0 aromatic heterocycles. The number of nitrogens with one attached hydrogen (secondary N) is 1. The second-order valence-corrected chi connectivity index (χ2v) is 7.20. The van der Waals surface area contributed by atoms with Gasteiger partial charge in [-0.3, -0.25) is 10.1 Å². The topological polar surface area (TPSA) is 47.6 Å². The normalized spacial score (nSPS) is 34.2. The SMILES string of the molecule is COC(=O)C1(NCC2CCCO2)CSCCC1(C)C. The molecule has 0 aromatic rings. The molecule has 2 saturated heterocycles. The maximum absolute atomic E-state index is 12.4. The summed E-state index contributed by atoms with van der Waals surface area (Å²) < 4.78 is 10.7. The molecule has 19 heavy (non-hydrogen) atoms. The van der Waals surface area contributed by atoms with Crippen LogP contribution in [-0.4, -0.2) is 49.4 Å². The van der Waals surface area contributed by atoms with Crippen LogP contribution in [0.2, 0.25) is 0 Å². The van der Waals surface area contributed by atoms with E-state index in [9.17, 15) is 4.79 Å². The molecule has 2 heterocycles. The second-order valence-electron chi connectivity index (χ2n) is 6.10. The van der Waals surface area contributed by atoms with Crippen LogP contribution in [0.4, 0.5) is 0 Å². The van der Waals surface area contributed by atoms with Gasteiger partial charge in [-0.05, 0) is 30.4 Å². The van der Waals surface area contributed by atoms with Crippen molar-refractivity contribution >= 4 is 17.7 Å². The molecule has 0 amide bonds. The summed E-state index contributed by atoms with van der Waals surface area (Å²) in [6.45, 7) is 5.90. The third kappa shape index (κ3) is 2.93. The third-order valence-corrected chi connectivity index (χ3v) is 5.66. The van der Waals surface area contributed by atoms with Crippen molar-refractivity contribution in [1.82, 2.24) is 5.32 Å². The Hall–Kier alpha value is -0.260. The van der Waals surface area contributed by atoms with Crippen LogP contribution in [0.1, 0.15) is 33.1 Å². The molecule has 0 bridgehead atoms. The minimum Gasteiger partial charge on any atom is -0.468 e. The molecule has 5 heteroatoms. The molecule has 2 unspecified atom stereocenters. The third-order valence-electron chi connectivity index (χ3n) is 4.53. The van der Waals surface area contributed by atoms with Crippen molar-refractivity contribution in [3.05, 3.63) is 0 Å². The van der Waals surface area contributed by atoms with Crippen LogP contribution in [0.25, 0.3) is 0 Å². The lowest BCUT2D eigenvalue weighted by atomic mass is 9.70. The predicted molar refractivity (Wildman–Crippen MR) is 77.4 cm³/mol. The van der Waals surface area contributed by atoms with Crippen molar-refractivity contribution in [2.24, 2.45) is 5.41 Å². The summed E-state index contributed by atoms with van der Waals surface area (Å²) in [5, 5.41) is 3.50. The number of thioether (sulfide) groups is 1. The Kier molecular flexibility index (Phi) is 4.79. The molecule has 0 radical (unpaired) electrons. The largest absolute Gasteiger partial charge is 0.468 e. The van der Waals surface area contributed by atoms with Gasteiger partial charge >= 0.3 is 5.97 Å². The van der Waals surface area contributed by atoms with Gasteiger partial charge in [0.15, 0.2) is 0 Å². The highest BCUT2D eigenvalue weighted by Crippen LogP contribution is 2.43. The Balaban J connectivity index is 2.11. The fraction of sp³-hybridized carbons (Fsp3) is 0.929. The monoisotopic (exact) mass is 287 g/mol. The first-order chi connectivity index (χ1) is 9.02. The van der Waals surface area contributed by atoms with E-state index in [-0.39, 0.29) is 17.5 Å². The van der Waals surface area contributed by atoms with Gasteiger partial charge in [0.2, 0.25) is 0 Å². The lowest BCUT2D eigenvalue weighted by Gasteiger charge is -2.48.